The van der Waals surface area contributed by atoms with Gasteiger partial charge in [-0.1, -0.05) is 36.4 Å². The van der Waals surface area contributed by atoms with E-state index in [1.807, 2.05) is 0 Å². The minimum absolute atomic E-state index is 0.0366. The second kappa shape index (κ2) is 5.32. The van der Waals surface area contributed by atoms with Crippen molar-refractivity contribution >= 4 is 32.5 Å². The Hall–Kier alpha value is -1.01. The number of anilines is 1. The number of aryl methyl sites for hydroxylation is 2. The van der Waals surface area contributed by atoms with Gasteiger partial charge in [0.25, 0.3) is 0 Å². The highest BCUT2D eigenvalue weighted by Crippen LogP contribution is 2.36. The van der Waals surface area contributed by atoms with E-state index >= 15 is 0 Å². The van der Waals surface area contributed by atoms with Crippen LogP contribution in [-0.4, -0.2) is 42.9 Å². The third-order valence-electron chi connectivity index (χ3n) is 3.99. The third kappa shape index (κ3) is 2.71. The fraction of sp³-hybridized carbons (Fsp3) is 0.533. The summed E-state index contributed by atoms with van der Waals surface area (Å²) in [4.78, 5) is 6.83. The molecule has 0 aromatic heterocycles. The van der Waals surface area contributed by atoms with Crippen LogP contribution in [0.15, 0.2) is 23.2 Å². The predicted molar refractivity (Wildman–Crippen MR) is 90.2 cm³/mol. The van der Waals surface area contributed by atoms with Crippen LogP contribution < -0.4 is 4.90 Å². The van der Waals surface area contributed by atoms with E-state index in [1.54, 1.807) is 11.8 Å². The van der Waals surface area contributed by atoms with Gasteiger partial charge in [-0.05, 0) is 31.2 Å². The molecule has 4 nitrogen and oxygen atoms in total. The molecule has 0 radical (unpaired) electrons. The standard InChI is InChI=1S/C15H20N2O2S2/c1-4-20-15-16-12-8-21(18,19)9-14(12)17(15)13-6-5-10(2)7-11(13)3/h5-7,12,14H,4,8-9H2,1-3H3. The predicted octanol–water partition coefficient (Wildman–Crippen LogP) is 2.40. The van der Waals surface area contributed by atoms with Crippen molar-refractivity contribution in [3.63, 3.8) is 0 Å². The van der Waals surface area contributed by atoms with Crippen molar-refractivity contribution < 1.29 is 8.42 Å². The molecule has 2 heterocycles. The van der Waals surface area contributed by atoms with Crippen LogP contribution in [0.2, 0.25) is 0 Å². The molecule has 6 heteroatoms. The molecule has 114 valence electrons. The highest BCUT2D eigenvalue weighted by Gasteiger charge is 2.47. The second-order valence-corrected chi connectivity index (χ2v) is 9.10. The summed E-state index contributed by atoms with van der Waals surface area (Å²) < 4.78 is 23.8. The molecule has 0 bridgehead atoms. The topological polar surface area (TPSA) is 49.7 Å². The van der Waals surface area contributed by atoms with Gasteiger partial charge >= 0.3 is 0 Å². The zero-order chi connectivity index (χ0) is 15.2. The van der Waals surface area contributed by atoms with Gasteiger partial charge in [0.15, 0.2) is 15.0 Å². The van der Waals surface area contributed by atoms with Crippen LogP contribution in [0, 0.1) is 13.8 Å². The molecule has 0 aliphatic carbocycles. The number of hydrogen-bond acceptors (Lipinski definition) is 5. The summed E-state index contributed by atoms with van der Waals surface area (Å²) in [5.74, 6) is 1.33. The SMILES string of the molecule is CCSC1=NC2CS(=O)(=O)CC2N1c1ccc(C)cc1C. The summed E-state index contributed by atoms with van der Waals surface area (Å²) in [7, 11) is -2.96. The Kier molecular flexibility index (Phi) is 3.78. The van der Waals surface area contributed by atoms with E-state index in [2.05, 4.69) is 48.9 Å². The minimum atomic E-state index is -2.96. The van der Waals surface area contributed by atoms with Crippen molar-refractivity contribution in [2.45, 2.75) is 32.9 Å². The van der Waals surface area contributed by atoms with Gasteiger partial charge in [-0.25, -0.2) is 8.42 Å². The molecule has 0 spiro atoms. The third-order valence-corrected chi connectivity index (χ3v) is 6.54. The summed E-state index contributed by atoms with van der Waals surface area (Å²) in [5.41, 5.74) is 3.47. The molecular formula is C15H20N2O2S2. The first-order valence-electron chi connectivity index (χ1n) is 7.19. The molecule has 0 saturated carbocycles. The quantitative estimate of drug-likeness (QED) is 0.838. The molecule has 1 saturated heterocycles. The monoisotopic (exact) mass is 324 g/mol. The largest absolute Gasteiger partial charge is 0.315 e. The Morgan fingerprint density at radius 3 is 2.76 bits per heavy atom. The lowest BCUT2D eigenvalue weighted by atomic mass is 10.1. The number of benzene rings is 1. The second-order valence-electron chi connectivity index (χ2n) is 5.72. The molecule has 0 N–H and O–H groups in total. The molecule has 3 rings (SSSR count). The van der Waals surface area contributed by atoms with Gasteiger partial charge in [0.05, 0.1) is 23.6 Å². The van der Waals surface area contributed by atoms with E-state index in [9.17, 15) is 8.42 Å². The van der Waals surface area contributed by atoms with Gasteiger partial charge in [-0.3, -0.25) is 4.99 Å². The number of nitrogens with zero attached hydrogens (tertiary/aromatic N) is 2. The van der Waals surface area contributed by atoms with E-state index in [0.717, 1.165) is 16.6 Å². The average molecular weight is 324 g/mol. The van der Waals surface area contributed by atoms with Gasteiger partial charge in [-0.15, -0.1) is 0 Å². The van der Waals surface area contributed by atoms with Crippen LogP contribution >= 0.6 is 11.8 Å². The number of rotatable bonds is 2. The van der Waals surface area contributed by atoms with E-state index in [0.29, 0.717) is 0 Å². The average Bonchev–Trinajstić information content (AvgIpc) is 2.82. The summed E-state index contributed by atoms with van der Waals surface area (Å²) in [6.07, 6.45) is 0. The molecule has 2 unspecified atom stereocenters. The lowest BCUT2D eigenvalue weighted by Gasteiger charge is -2.28. The Labute approximate surface area is 130 Å². The molecular weight excluding hydrogens is 304 g/mol. The normalized spacial score (nSPS) is 26.8. The van der Waals surface area contributed by atoms with E-state index in [4.69, 9.17) is 0 Å². The minimum Gasteiger partial charge on any atom is -0.315 e. The van der Waals surface area contributed by atoms with Crippen LogP contribution in [0.3, 0.4) is 0 Å². The number of hydrogen-bond donors (Lipinski definition) is 0. The molecule has 1 fully saturated rings. The maximum Gasteiger partial charge on any atom is 0.164 e. The maximum atomic E-state index is 11.9. The zero-order valence-corrected chi connectivity index (χ0v) is 14.2. The van der Waals surface area contributed by atoms with E-state index in [-0.39, 0.29) is 23.6 Å². The summed E-state index contributed by atoms with van der Waals surface area (Å²) in [5, 5.41) is 0.967. The smallest absolute Gasteiger partial charge is 0.164 e. The number of aliphatic imine (C=N–C) groups is 1. The molecule has 1 aromatic rings. The number of fused-ring (bicyclic) bond motifs is 1. The van der Waals surface area contributed by atoms with Gasteiger partial charge < -0.3 is 4.90 Å². The van der Waals surface area contributed by atoms with Gasteiger partial charge in [-0.2, -0.15) is 0 Å². The Balaban J connectivity index is 2.03. The highest BCUT2D eigenvalue weighted by molar-refractivity contribution is 8.14. The zero-order valence-electron chi connectivity index (χ0n) is 12.5. The molecule has 2 atom stereocenters. The van der Waals surface area contributed by atoms with Crippen molar-refractivity contribution in [3.05, 3.63) is 29.3 Å². The summed E-state index contributed by atoms with van der Waals surface area (Å²) in [6, 6.07) is 6.16. The highest BCUT2D eigenvalue weighted by atomic mass is 32.2. The molecule has 0 amide bonds. The summed E-state index contributed by atoms with van der Waals surface area (Å²) >= 11 is 1.69. The lowest BCUT2D eigenvalue weighted by Crippen LogP contribution is -2.39. The molecule has 2 aliphatic heterocycles. The van der Waals surface area contributed by atoms with Crippen LogP contribution in [0.5, 0.6) is 0 Å². The van der Waals surface area contributed by atoms with Gasteiger partial charge in [0, 0.05) is 5.69 Å². The van der Waals surface area contributed by atoms with Crippen LogP contribution in [-0.2, 0) is 9.84 Å². The Morgan fingerprint density at radius 2 is 2.10 bits per heavy atom. The van der Waals surface area contributed by atoms with Crippen molar-refractivity contribution in [1.82, 2.24) is 0 Å². The first-order valence-corrected chi connectivity index (χ1v) is 9.99. The first-order chi connectivity index (χ1) is 9.91. The molecule has 2 aliphatic rings. The van der Waals surface area contributed by atoms with Crippen molar-refractivity contribution in [3.8, 4) is 0 Å². The van der Waals surface area contributed by atoms with Crippen molar-refractivity contribution in [1.29, 1.82) is 0 Å². The number of sulfone groups is 1. The van der Waals surface area contributed by atoms with Crippen molar-refractivity contribution in [2.75, 3.05) is 22.2 Å². The lowest BCUT2D eigenvalue weighted by molar-refractivity contribution is 0.601. The number of thioether (sulfide) groups is 1. The van der Waals surface area contributed by atoms with Gasteiger partial charge in [0.2, 0.25) is 0 Å². The van der Waals surface area contributed by atoms with Gasteiger partial charge in [0.1, 0.15) is 0 Å². The summed E-state index contributed by atoms with van der Waals surface area (Å²) in [6.45, 7) is 6.24. The maximum absolute atomic E-state index is 11.9. The Bertz CT molecular complexity index is 698. The first kappa shape index (κ1) is 14.9. The fourth-order valence-electron chi connectivity index (χ4n) is 3.12. The van der Waals surface area contributed by atoms with Crippen LogP contribution in [0.1, 0.15) is 18.1 Å². The Morgan fingerprint density at radius 1 is 1.33 bits per heavy atom. The number of amidine groups is 1. The molecule has 21 heavy (non-hydrogen) atoms. The van der Waals surface area contributed by atoms with Crippen LogP contribution in [0.25, 0.3) is 0 Å². The van der Waals surface area contributed by atoms with E-state index in [1.165, 1.54) is 11.1 Å². The van der Waals surface area contributed by atoms with Crippen molar-refractivity contribution in [2.24, 2.45) is 4.99 Å². The molecule has 1 aromatic carbocycles. The fourth-order valence-corrected chi connectivity index (χ4v) is 5.81. The van der Waals surface area contributed by atoms with E-state index < -0.39 is 9.84 Å². The van der Waals surface area contributed by atoms with Crippen LogP contribution in [0.4, 0.5) is 5.69 Å².